The highest BCUT2D eigenvalue weighted by atomic mass is 32.1. The number of aliphatic hydroxyl groups excluding tert-OH is 2. The first-order chi connectivity index (χ1) is 17.2. The summed E-state index contributed by atoms with van der Waals surface area (Å²) in [6.45, 7) is 12.3. The van der Waals surface area contributed by atoms with E-state index in [1.54, 1.807) is 11.3 Å². The molecule has 0 amide bonds. The minimum absolute atomic E-state index is 0.211. The van der Waals surface area contributed by atoms with Crippen molar-refractivity contribution in [3.63, 3.8) is 0 Å². The van der Waals surface area contributed by atoms with Gasteiger partial charge in [-0.2, -0.15) is 0 Å². The maximum absolute atomic E-state index is 9.48. The average molecular weight is 513 g/mol. The molecule has 4 rings (SSSR count). The first-order valence-corrected chi connectivity index (χ1v) is 15.2. The van der Waals surface area contributed by atoms with E-state index in [9.17, 15) is 5.11 Å². The van der Waals surface area contributed by atoms with Crippen molar-refractivity contribution in [3.05, 3.63) is 34.7 Å². The van der Waals surface area contributed by atoms with Gasteiger partial charge in [0, 0.05) is 37.2 Å². The van der Waals surface area contributed by atoms with Gasteiger partial charge in [0.15, 0.2) is 5.13 Å². The lowest BCUT2D eigenvalue weighted by atomic mass is 9.63. The van der Waals surface area contributed by atoms with Gasteiger partial charge in [-0.15, -0.1) is 11.3 Å². The van der Waals surface area contributed by atoms with E-state index in [1.807, 2.05) is 0 Å². The zero-order valence-electron chi connectivity index (χ0n) is 23.1. The Balaban J connectivity index is 1.43. The summed E-state index contributed by atoms with van der Waals surface area (Å²) >= 11 is 1.78. The van der Waals surface area contributed by atoms with E-state index in [4.69, 9.17) is 10.1 Å². The van der Waals surface area contributed by atoms with Crippen LogP contribution in [0.2, 0.25) is 0 Å². The predicted octanol–water partition coefficient (Wildman–Crippen LogP) is 7.46. The fourth-order valence-electron chi connectivity index (χ4n) is 6.51. The molecule has 0 bridgehead atoms. The van der Waals surface area contributed by atoms with E-state index in [1.165, 1.54) is 61.6 Å². The quantitative estimate of drug-likeness (QED) is 0.307. The highest BCUT2D eigenvalue weighted by Crippen LogP contribution is 2.47. The van der Waals surface area contributed by atoms with Crippen LogP contribution < -0.4 is 4.90 Å². The molecule has 0 saturated carbocycles. The van der Waals surface area contributed by atoms with Crippen LogP contribution in [0.5, 0.6) is 0 Å². The van der Waals surface area contributed by atoms with Gasteiger partial charge >= 0.3 is 0 Å². The number of benzene rings is 1. The zero-order chi connectivity index (χ0) is 25.8. The minimum Gasteiger partial charge on any atom is -0.396 e. The lowest BCUT2D eigenvalue weighted by Crippen LogP contribution is -2.40. The fourth-order valence-corrected chi connectivity index (χ4v) is 7.40. The molecule has 1 aliphatic carbocycles. The SMILES string of the molecule is CC1(C)CCC(C)(C)c2cc(-c3csc(N4CCC(CCCO)(CCCCCCO)CC4)n3)ccc21. The van der Waals surface area contributed by atoms with Crippen molar-refractivity contribution in [1.29, 1.82) is 0 Å². The third-order valence-corrected chi connectivity index (χ3v) is 10.1. The van der Waals surface area contributed by atoms with E-state index < -0.39 is 0 Å². The van der Waals surface area contributed by atoms with E-state index in [2.05, 4.69) is 56.2 Å². The van der Waals surface area contributed by atoms with Gasteiger partial charge in [0.25, 0.3) is 0 Å². The van der Waals surface area contributed by atoms with Crippen LogP contribution in [-0.2, 0) is 10.8 Å². The Morgan fingerprint density at radius 2 is 1.44 bits per heavy atom. The number of unbranched alkanes of at least 4 members (excludes halogenated alkanes) is 3. The second-order valence-corrected chi connectivity index (χ2v) is 13.6. The number of fused-ring (bicyclic) bond motifs is 1. The highest BCUT2D eigenvalue weighted by molar-refractivity contribution is 7.14. The van der Waals surface area contributed by atoms with E-state index in [0.717, 1.165) is 49.6 Å². The summed E-state index contributed by atoms with van der Waals surface area (Å²) in [6.07, 6.45) is 12.6. The van der Waals surface area contributed by atoms with Gasteiger partial charge in [0.2, 0.25) is 0 Å². The van der Waals surface area contributed by atoms with Gasteiger partial charge in [-0.1, -0.05) is 59.1 Å². The summed E-state index contributed by atoms with van der Waals surface area (Å²) in [5.74, 6) is 0. The Morgan fingerprint density at radius 3 is 2.14 bits per heavy atom. The van der Waals surface area contributed by atoms with Crippen molar-refractivity contribution < 1.29 is 10.2 Å². The lowest BCUT2D eigenvalue weighted by molar-refractivity contribution is 0.153. The molecule has 5 heteroatoms. The Hall–Kier alpha value is -1.43. The number of piperidine rings is 1. The highest BCUT2D eigenvalue weighted by Gasteiger charge is 2.37. The second kappa shape index (κ2) is 11.5. The van der Waals surface area contributed by atoms with Crippen LogP contribution in [0.3, 0.4) is 0 Å². The third-order valence-electron chi connectivity index (χ3n) is 9.22. The maximum Gasteiger partial charge on any atom is 0.185 e. The molecule has 200 valence electrons. The Labute approximate surface area is 223 Å². The van der Waals surface area contributed by atoms with Gasteiger partial charge in [-0.05, 0) is 84.8 Å². The summed E-state index contributed by atoms with van der Waals surface area (Å²) in [7, 11) is 0. The van der Waals surface area contributed by atoms with Gasteiger partial charge in [-0.25, -0.2) is 4.98 Å². The molecule has 2 aromatic rings. The number of hydrogen-bond donors (Lipinski definition) is 2. The first kappa shape index (κ1) is 27.6. The summed E-state index contributed by atoms with van der Waals surface area (Å²) in [5, 5.41) is 21.9. The Kier molecular flexibility index (Phi) is 8.84. The smallest absolute Gasteiger partial charge is 0.185 e. The molecule has 1 aromatic carbocycles. The second-order valence-electron chi connectivity index (χ2n) is 12.7. The molecular weight excluding hydrogens is 464 g/mol. The summed E-state index contributed by atoms with van der Waals surface area (Å²) in [6, 6.07) is 7.07. The van der Waals surface area contributed by atoms with E-state index in [0.29, 0.717) is 18.6 Å². The van der Waals surface area contributed by atoms with Crippen LogP contribution in [-0.4, -0.2) is 41.5 Å². The fraction of sp³-hybridized carbons (Fsp3) is 0.710. The molecule has 0 spiro atoms. The normalized spacial score (nSPS) is 20.3. The molecule has 36 heavy (non-hydrogen) atoms. The summed E-state index contributed by atoms with van der Waals surface area (Å²) in [4.78, 5) is 7.61. The molecule has 1 fully saturated rings. The number of rotatable bonds is 11. The zero-order valence-corrected chi connectivity index (χ0v) is 23.9. The maximum atomic E-state index is 9.48. The Bertz CT molecular complexity index is 988. The molecule has 2 N–H and O–H groups in total. The van der Waals surface area contributed by atoms with Crippen LogP contribution >= 0.6 is 11.3 Å². The van der Waals surface area contributed by atoms with Crippen molar-refractivity contribution >= 4 is 16.5 Å². The number of hydrogen-bond acceptors (Lipinski definition) is 5. The lowest BCUT2D eigenvalue weighted by Gasteiger charge is -2.42. The molecule has 0 atom stereocenters. The molecule has 0 radical (unpaired) electrons. The number of thiazole rings is 1. The van der Waals surface area contributed by atoms with Crippen molar-refractivity contribution in [2.24, 2.45) is 5.41 Å². The number of anilines is 1. The molecule has 1 aliphatic heterocycles. The number of nitrogens with zero attached hydrogens (tertiary/aromatic N) is 2. The molecule has 1 aromatic heterocycles. The molecule has 4 nitrogen and oxygen atoms in total. The minimum atomic E-state index is 0.211. The summed E-state index contributed by atoms with van der Waals surface area (Å²) in [5.41, 5.74) is 6.17. The van der Waals surface area contributed by atoms with Crippen LogP contribution in [0.1, 0.15) is 109 Å². The van der Waals surface area contributed by atoms with E-state index >= 15 is 0 Å². The van der Waals surface area contributed by atoms with Gasteiger partial charge < -0.3 is 15.1 Å². The van der Waals surface area contributed by atoms with Gasteiger partial charge in [-0.3, -0.25) is 0 Å². The predicted molar refractivity (Wildman–Crippen MR) is 153 cm³/mol. The molecular formula is C31H48N2O2S. The van der Waals surface area contributed by atoms with Gasteiger partial charge in [0.05, 0.1) is 5.69 Å². The van der Waals surface area contributed by atoms with Crippen LogP contribution in [0.4, 0.5) is 5.13 Å². The largest absolute Gasteiger partial charge is 0.396 e. The summed E-state index contributed by atoms with van der Waals surface area (Å²) < 4.78 is 0. The van der Waals surface area contributed by atoms with Crippen molar-refractivity contribution in [1.82, 2.24) is 4.98 Å². The van der Waals surface area contributed by atoms with Crippen molar-refractivity contribution in [3.8, 4) is 11.3 Å². The van der Waals surface area contributed by atoms with Gasteiger partial charge in [0.1, 0.15) is 0 Å². The monoisotopic (exact) mass is 512 g/mol. The topological polar surface area (TPSA) is 56.6 Å². The Morgan fingerprint density at radius 1 is 0.806 bits per heavy atom. The molecule has 0 unspecified atom stereocenters. The number of aromatic nitrogens is 1. The van der Waals surface area contributed by atoms with Crippen molar-refractivity contribution in [2.75, 3.05) is 31.2 Å². The third kappa shape index (κ3) is 6.16. The number of aliphatic hydroxyl groups is 2. The van der Waals surface area contributed by atoms with Crippen molar-refractivity contribution in [2.45, 2.75) is 109 Å². The molecule has 1 saturated heterocycles. The van der Waals surface area contributed by atoms with Crippen LogP contribution in [0.25, 0.3) is 11.3 Å². The van der Waals surface area contributed by atoms with Crippen LogP contribution in [0, 0.1) is 5.41 Å². The van der Waals surface area contributed by atoms with E-state index in [-0.39, 0.29) is 10.8 Å². The molecule has 2 heterocycles. The standard InChI is InChI=1S/C31H48N2O2S/c1-29(2)14-15-30(3,4)26-22-24(10-11-25(26)29)27-23-36-28(32-27)33-18-16-31(17-19-33,13-9-21-35)12-7-5-6-8-20-34/h10-11,22-23,34-35H,5-9,12-21H2,1-4H3. The molecule has 2 aliphatic rings. The first-order valence-electron chi connectivity index (χ1n) is 14.3. The van der Waals surface area contributed by atoms with Crippen LogP contribution in [0.15, 0.2) is 23.6 Å². The average Bonchev–Trinajstić information content (AvgIpc) is 3.36.